The Kier molecular flexibility index (Phi) is 3.82. The van der Waals surface area contributed by atoms with Gasteiger partial charge >= 0.3 is 6.18 Å². The highest BCUT2D eigenvalue weighted by Crippen LogP contribution is 2.32. The molecule has 1 aromatic heterocycles. The number of halogens is 3. The van der Waals surface area contributed by atoms with E-state index in [2.05, 4.69) is 0 Å². The Morgan fingerprint density at radius 2 is 2.04 bits per heavy atom. The summed E-state index contributed by atoms with van der Waals surface area (Å²) in [7, 11) is 1.51. The third kappa shape index (κ3) is 2.75. The van der Waals surface area contributed by atoms with Gasteiger partial charge in [-0.15, -0.1) is 0 Å². The largest absolute Gasteiger partial charge is 0.496 e. The van der Waals surface area contributed by atoms with E-state index in [9.17, 15) is 22.8 Å². The second-order valence-electron chi connectivity index (χ2n) is 5.39. The van der Waals surface area contributed by atoms with Crippen molar-refractivity contribution in [3.05, 3.63) is 63.1 Å². The topological polar surface area (TPSA) is 62.4 Å². The Labute approximate surface area is 134 Å². The van der Waals surface area contributed by atoms with Crippen molar-refractivity contribution in [1.82, 2.24) is 9.88 Å². The first-order valence-electron chi connectivity index (χ1n) is 7.05. The standard InChI is InChI=1S/C16H13F3N2O3/c1-24-13-4-2-3-9-7-21(8-11(9)13)15(23)10-5-12(16(17,18)19)14(22)20-6-10/h2-6H,7-8H2,1H3,(H,20,22). The molecule has 1 amide bonds. The molecule has 0 bridgehead atoms. The van der Waals surface area contributed by atoms with Gasteiger partial charge in [0.2, 0.25) is 0 Å². The van der Waals surface area contributed by atoms with Crippen LogP contribution in [0.5, 0.6) is 5.75 Å². The smallest absolute Gasteiger partial charge is 0.421 e. The second kappa shape index (κ2) is 5.70. The molecule has 2 aromatic rings. The average Bonchev–Trinajstić information content (AvgIpc) is 2.97. The van der Waals surface area contributed by atoms with Crippen LogP contribution in [-0.4, -0.2) is 22.9 Å². The lowest BCUT2D eigenvalue weighted by Gasteiger charge is -2.16. The predicted octanol–water partition coefficient (Wildman–Crippen LogP) is 2.56. The van der Waals surface area contributed by atoms with E-state index >= 15 is 0 Å². The number of rotatable bonds is 2. The monoisotopic (exact) mass is 338 g/mol. The molecule has 0 fully saturated rings. The molecule has 0 saturated heterocycles. The summed E-state index contributed by atoms with van der Waals surface area (Å²) in [6.07, 6.45) is -3.82. The summed E-state index contributed by atoms with van der Waals surface area (Å²) in [6, 6.07) is 5.96. The SMILES string of the molecule is COc1cccc2c1CN(C(=O)c1c[nH]c(=O)c(C(F)(F)F)c1)C2. The molecule has 0 aliphatic carbocycles. The number of H-pyrrole nitrogens is 1. The third-order valence-corrected chi connectivity index (χ3v) is 3.90. The molecular formula is C16H13F3N2O3. The zero-order valence-electron chi connectivity index (χ0n) is 12.6. The summed E-state index contributed by atoms with van der Waals surface area (Å²) in [5.41, 5.74) is -1.17. The molecule has 0 unspecified atom stereocenters. The van der Waals surface area contributed by atoms with Crippen molar-refractivity contribution in [2.24, 2.45) is 0 Å². The molecule has 2 heterocycles. The van der Waals surface area contributed by atoms with Gasteiger partial charge in [-0.1, -0.05) is 12.1 Å². The van der Waals surface area contributed by atoms with Crippen molar-refractivity contribution < 1.29 is 22.7 Å². The Morgan fingerprint density at radius 3 is 2.71 bits per heavy atom. The molecule has 1 N–H and O–H groups in total. The van der Waals surface area contributed by atoms with Crippen LogP contribution in [0.4, 0.5) is 13.2 Å². The van der Waals surface area contributed by atoms with Gasteiger partial charge in [-0.25, -0.2) is 0 Å². The molecule has 126 valence electrons. The number of hydrogen-bond donors (Lipinski definition) is 1. The highest BCUT2D eigenvalue weighted by Gasteiger charge is 2.35. The number of alkyl halides is 3. The number of methoxy groups -OCH3 is 1. The lowest BCUT2D eigenvalue weighted by molar-refractivity contribution is -0.138. The normalized spacial score (nSPS) is 13.8. The number of carbonyl (C=O) groups excluding carboxylic acids is 1. The minimum absolute atomic E-state index is 0.214. The first kappa shape index (κ1) is 16.1. The van der Waals surface area contributed by atoms with Gasteiger partial charge < -0.3 is 14.6 Å². The summed E-state index contributed by atoms with van der Waals surface area (Å²) < 4.78 is 43.7. The predicted molar refractivity (Wildman–Crippen MR) is 78.6 cm³/mol. The Balaban J connectivity index is 1.91. The lowest BCUT2D eigenvalue weighted by Crippen LogP contribution is -2.28. The molecule has 1 aliphatic rings. The van der Waals surface area contributed by atoms with E-state index in [0.717, 1.165) is 17.3 Å². The average molecular weight is 338 g/mol. The zero-order valence-corrected chi connectivity index (χ0v) is 12.6. The Bertz CT molecular complexity index is 858. The van der Waals surface area contributed by atoms with Crippen LogP contribution in [0.3, 0.4) is 0 Å². The first-order chi connectivity index (χ1) is 11.3. The molecule has 3 rings (SSSR count). The molecule has 5 nitrogen and oxygen atoms in total. The van der Waals surface area contributed by atoms with Crippen molar-refractivity contribution in [1.29, 1.82) is 0 Å². The maximum absolute atomic E-state index is 12.8. The number of carbonyl (C=O) groups is 1. The van der Waals surface area contributed by atoms with Gasteiger partial charge in [0.25, 0.3) is 11.5 Å². The minimum Gasteiger partial charge on any atom is -0.496 e. The lowest BCUT2D eigenvalue weighted by atomic mass is 10.1. The number of benzene rings is 1. The molecule has 1 aromatic carbocycles. The van der Waals surface area contributed by atoms with Crippen LogP contribution in [0.15, 0.2) is 35.3 Å². The minimum atomic E-state index is -4.82. The molecule has 0 radical (unpaired) electrons. The number of nitrogens with one attached hydrogen (secondary N) is 1. The summed E-state index contributed by atoms with van der Waals surface area (Å²) in [6.45, 7) is 0.504. The van der Waals surface area contributed by atoms with Gasteiger partial charge in [-0.2, -0.15) is 13.2 Å². The fourth-order valence-corrected chi connectivity index (χ4v) is 2.73. The van der Waals surface area contributed by atoms with Gasteiger partial charge in [0, 0.05) is 18.3 Å². The quantitative estimate of drug-likeness (QED) is 0.915. The maximum Gasteiger partial charge on any atom is 0.421 e. The van der Waals surface area contributed by atoms with Crippen LogP contribution < -0.4 is 10.3 Å². The number of aromatic nitrogens is 1. The van der Waals surface area contributed by atoms with Crippen LogP contribution >= 0.6 is 0 Å². The fraction of sp³-hybridized carbons (Fsp3) is 0.250. The van der Waals surface area contributed by atoms with Crippen molar-refractivity contribution in [3.63, 3.8) is 0 Å². The third-order valence-electron chi connectivity index (χ3n) is 3.90. The van der Waals surface area contributed by atoms with Crippen molar-refractivity contribution in [2.45, 2.75) is 19.3 Å². The Morgan fingerprint density at radius 1 is 1.29 bits per heavy atom. The molecule has 0 saturated carbocycles. The van der Waals surface area contributed by atoms with Crippen molar-refractivity contribution in [3.8, 4) is 5.75 Å². The van der Waals surface area contributed by atoms with E-state index in [-0.39, 0.29) is 18.7 Å². The maximum atomic E-state index is 12.8. The van der Waals surface area contributed by atoms with E-state index in [1.54, 1.807) is 12.1 Å². The first-order valence-corrected chi connectivity index (χ1v) is 7.05. The molecule has 8 heteroatoms. The number of amides is 1. The second-order valence-corrected chi connectivity index (χ2v) is 5.39. The van der Waals surface area contributed by atoms with Crippen LogP contribution in [0.2, 0.25) is 0 Å². The molecule has 24 heavy (non-hydrogen) atoms. The highest BCUT2D eigenvalue weighted by molar-refractivity contribution is 5.94. The van der Waals surface area contributed by atoms with Gasteiger partial charge in [-0.05, 0) is 17.7 Å². The number of fused-ring (bicyclic) bond motifs is 1. The van der Waals surface area contributed by atoms with E-state index < -0.39 is 23.2 Å². The van der Waals surface area contributed by atoms with Crippen molar-refractivity contribution in [2.75, 3.05) is 7.11 Å². The number of hydrogen-bond acceptors (Lipinski definition) is 3. The van der Waals surface area contributed by atoms with Crippen LogP contribution in [0, 0.1) is 0 Å². The van der Waals surface area contributed by atoms with E-state index in [1.807, 2.05) is 11.1 Å². The molecular weight excluding hydrogens is 325 g/mol. The summed E-state index contributed by atoms with van der Waals surface area (Å²) in [5, 5.41) is 0. The van der Waals surface area contributed by atoms with Crippen LogP contribution in [0.25, 0.3) is 0 Å². The number of ether oxygens (including phenoxy) is 1. The summed E-state index contributed by atoms with van der Waals surface area (Å²) in [4.78, 5) is 27.2. The summed E-state index contributed by atoms with van der Waals surface area (Å²) >= 11 is 0. The number of aromatic amines is 1. The van der Waals surface area contributed by atoms with Crippen molar-refractivity contribution >= 4 is 5.91 Å². The molecule has 1 aliphatic heterocycles. The van der Waals surface area contributed by atoms with E-state index in [1.165, 1.54) is 12.0 Å². The van der Waals surface area contributed by atoms with E-state index in [0.29, 0.717) is 11.8 Å². The molecule has 0 spiro atoms. The van der Waals surface area contributed by atoms with Crippen LogP contribution in [-0.2, 0) is 19.3 Å². The zero-order chi connectivity index (χ0) is 17.5. The van der Waals surface area contributed by atoms with Gasteiger partial charge in [-0.3, -0.25) is 9.59 Å². The van der Waals surface area contributed by atoms with Gasteiger partial charge in [0.05, 0.1) is 19.2 Å². The highest BCUT2D eigenvalue weighted by atomic mass is 19.4. The van der Waals surface area contributed by atoms with Crippen LogP contribution in [0.1, 0.15) is 27.0 Å². The number of nitrogens with zero attached hydrogens (tertiary/aromatic N) is 1. The van der Waals surface area contributed by atoms with Gasteiger partial charge in [0.15, 0.2) is 0 Å². The van der Waals surface area contributed by atoms with E-state index in [4.69, 9.17) is 4.74 Å². The fourth-order valence-electron chi connectivity index (χ4n) is 2.73. The molecule has 0 atom stereocenters. The Hall–Kier alpha value is -2.77. The number of pyridine rings is 1. The summed E-state index contributed by atoms with van der Waals surface area (Å²) in [5.74, 6) is 0.0373. The van der Waals surface area contributed by atoms with Gasteiger partial charge in [0.1, 0.15) is 11.3 Å².